The van der Waals surface area contributed by atoms with Crippen molar-refractivity contribution in [1.29, 1.82) is 0 Å². The lowest BCUT2D eigenvalue weighted by molar-refractivity contribution is -0.131. The molecule has 1 saturated heterocycles. The molecule has 3 heterocycles. The number of hydrogen-bond donors (Lipinski definition) is 1. The molecule has 32 heavy (non-hydrogen) atoms. The lowest BCUT2D eigenvalue weighted by Gasteiger charge is -2.47. The van der Waals surface area contributed by atoms with E-state index in [9.17, 15) is 9.59 Å². The third-order valence-corrected chi connectivity index (χ3v) is 7.78. The first-order chi connectivity index (χ1) is 15.5. The van der Waals surface area contributed by atoms with Gasteiger partial charge in [-0.1, -0.05) is 60.1 Å². The number of nitrogens with one attached hydrogen (secondary N) is 1. The Morgan fingerprint density at radius 3 is 2.56 bits per heavy atom. The number of rotatable bonds is 1. The summed E-state index contributed by atoms with van der Waals surface area (Å²) in [7, 11) is 1.91. The van der Waals surface area contributed by atoms with Gasteiger partial charge in [0.25, 0.3) is 5.91 Å². The maximum Gasteiger partial charge on any atom is 0.250 e. The van der Waals surface area contributed by atoms with E-state index in [2.05, 4.69) is 5.32 Å². The smallest absolute Gasteiger partial charge is 0.250 e. The van der Waals surface area contributed by atoms with Gasteiger partial charge in [-0.25, -0.2) is 0 Å². The molecule has 3 atom stereocenters. The van der Waals surface area contributed by atoms with Crippen molar-refractivity contribution in [3.05, 3.63) is 94.5 Å². The summed E-state index contributed by atoms with van der Waals surface area (Å²) in [6, 6.07) is 22.5. The standard InChI is InChI=1S/C26H21ClN2O3/c1-29-14-19(16-8-2-5-11-20(16)27)25(15-32-22-13-7-3-9-17(22)23(25)30)26(29)18-10-4-6-12-21(18)28-24(26)31/h2-13,19H,14-15H2,1H3,(H,28,31)/t19-,25+,26-/m1/s1. The van der Waals surface area contributed by atoms with Gasteiger partial charge in [0.1, 0.15) is 23.3 Å². The third-order valence-electron chi connectivity index (χ3n) is 7.44. The largest absolute Gasteiger partial charge is 0.492 e. The Hall–Kier alpha value is -3.15. The molecule has 2 spiro atoms. The molecule has 0 radical (unpaired) electrons. The number of hydrogen-bond acceptors (Lipinski definition) is 4. The molecule has 0 aromatic heterocycles. The molecule has 1 N–H and O–H groups in total. The number of amides is 1. The lowest BCUT2D eigenvalue weighted by Crippen LogP contribution is -2.62. The van der Waals surface area contributed by atoms with Crippen LogP contribution in [-0.2, 0) is 10.3 Å². The zero-order chi connectivity index (χ0) is 22.1. The van der Waals surface area contributed by atoms with Gasteiger partial charge in [-0.2, -0.15) is 0 Å². The number of fused-ring (bicyclic) bond motifs is 4. The quantitative estimate of drug-likeness (QED) is 0.601. The molecule has 0 aliphatic carbocycles. The van der Waals surface area contributed by atoms with Crippen LogP contribution in [-0.4, -0.2) is 36.8 Å². The highest BCUT2D eigenvalue weighted by Crippen LogP contribution is 2.64. The Kier molecular flexibility index (Phi) is 4.07. The minimum atomic E-state index is -1.21. The number of carbonyl (C=O) groups excluding carboxylic acids is 2. The summed E-state index contributed by atoms with van der Waals surface area (Å²) >= 11 is 6.66. The molecule has 3 aromatic carbocycles. The molecule has 6 rings (SSSR count). The van der Waals surface area contributed by atoms with Crippen LogP contribution in [0.1, 0.15) is 27.4 Å². The fourth-order valence-corrected chi connectivity index (χ4v) is 6.42. The van der Waals surface area contributed by atoms with Gasteiger partial charge in [0.15, 0.2) is 5.78 Å². The van der Waals surface area contributed by atoms with Crippen molar-refractivity contribution in [2.24, 2.45) is 5.41 Å². The molecule has 160 valence electrons. The van der Waals surface area contributed by atoms with Crippen molar-refractivity contribution in [3.8, 4) is 5.75 Å². The zero-order valence-corrected chi connectivity index (χ0v) is 18.2. The average Bonchev–Trinajstić information content (AvgIpc) is 3.25. The lowest BCUT2D eigenvalue weighted by atomic mass is 9.57. The van der Waals surface area contributed by atoms with E-state index in [0.717, 1.165) is 16.8 Å². The number of Topliss-reactive ketones (excluding diaryl/α,β-unsaturated/α-hetero) is 1. The van der Waals surface area contributed by atoms with E-state index in [-0.39, 0.29) is 24.2 Å². The normalized spacial score (nSPS) is 28.5. The number of ether oxygens (including phenoxy) is 1. The summed E-state index contributed by atoms with van der Waals surface area (Å²) in [5.74, 6) is -0.0658. The Balaban J connectivity index is 1.69. The maximum atomic E-state index is 14.5. The van der Waals surface area contributed by atoms with E-state index in [1.165, 1.54) is 0 Å². The molecule has 3 aliphatic heterocycles. The highest BCUT2D eigenvalue weighted by atomic mass is 35.5. The molecule has 1 amide bonds. The number of para-hydroxylation sites is 2. The van der Waals surface area contributed by atoms with Crippen LogP contribution < -0.4 is 10.1 Å². The van der Waals surface area contributed by atoms with Crippen LogP contribution in [0, 0.1) is 5.41 Å². The van der Waals surface area contributed by atoms with Crippen LogP contribution in [0.25, 0.3) is 0 Å². The minimum absolute atomic E-state index is 0.0829. The van der Waals surface area contributed by atoms with E-state index in [1.807, 2.05) is 72.6 Å². The van der Waals surface area contributed by atoms with E-state index >= 15 is 0 Å². The van der Waals surface area contributed by atoms with Crippen LogP contribution in [0.3, 0.4) is 0 Å². The highest BCUT2D eigenvalue weighted by Gasteiger charge is 2.75. The number of ketones is 1. The van der Waals surface area contributed by atoms with Crippen LogP contribution in [0.2, 0.25) is 5.02 Å². The molecule has 3 aliphatic rings. The summed E-state index contributed by atoms with van der Waals surface area (Å²) < 4.78 is 6.25. The SMILES string of the molecule is CN1C[C@H](c2ccccc2Cl)[C@]2(COc3ccccc3C2=O)[C@@]12C(=O)Nc1ccccc12. The summed E-state index contributed by atoms with van der Waals surface area (Å²) in [6.45, 7) is 0.577. The fourth-order valence-electron chi connectivity index (χ4n) is 6.15. The summed E-state index contributed by atoms with van der Waals surface area (Å²) in [5, 5.41) is 3.63. The Labute approximate surface area is 190 Å². The van der Waals surface area contributed by atoms with Crippen LogP contribution in [0.4, 0.5) is 5.69 Å². The van der Waals surface area contributed by atoms with E-state index < -0.39 is 11.0 Å². The van der Waals surface area contributed by atoms with E-state index in [0.29, 0.717) is 22.9 Å². The Bertz CT molecular complexity index is 1290. The van der Waals surface area contributed by atoms with Gasteiger partial charge < -0.3 is 10.1 Å². The molecule has 3 aromatic rings. The van der Waals surface area contributed by atoms with Gasteiger partial charge in [0, 0.05) is 28.7 Å². The molecule has 6 heteroatoms. The minimum Gasteiger partial charge on any atom is -0.492 e. The van der Waals surface area contributed by atoms with Crippen molar-refractivity contribution in [1.82, 2.24) is 4.90 Å². The van der Waals surface area contributed by atoms with Crippen molar-refractivity contribution in [2.45, 2.75) is 11.5 Å². The van der Waals surface area contributed by atoms with Gasteiger partial charge >= 0.3 is 0 Å². The van der Waals surface area contributed by atoms with Crippen molar-refractivity contribution in [3.63, 3.8) is 0 Å². The van der Waals surface area contributed by atoms with Crippen molar-refractivity contribution >= 4 is 29.0 Å². The first kappa shape index (κ1) is 19.5. The number of likely N-dealkylation sites (tertiary alicyclic amines) is 1. The number of nitrogens with zero attached hydrogens (tertiary/aromatic N) is 1. The van der Waals surface area contributed by atoms with Crippen LogP contribution in [0.15, 0.2) is 72.8 Å². The highest BCUT2D eigenvalue weighted by molar-refractivity contribution is 6.31. The Morgan fingerprint density at radius 1 is 1.00 bits per heavy atom. The van der Waals surface area contributed by atoms with E-state index in [4.69, 9.17) is 16.3 Å². The Morgan fingerprint density at radius 2 is 1.72 bits per heavy atom. The summed E-state index contributed by atoms with van der Waals surface area (Å²) in [4.78, 5) is 30.3. The first-order valence-electron chi connectivity index (χ1n) is 10.6. The van der Waals surface area contributed by atoms with Gasteiger partial charge in [-0.15, -0.1) is 0 Å². The number of anilines is 1. The molecule has 5 nitrogen and oxygen atoms in total. The van der Waals surface area contributed by atoms with E-state index in [1.54, 1.807) is 12.1 Å². The zero-order valence-electron chi connectivity index (χ0n) is 17.5. The second-order valence-electron chi connectivity index (χ2n) is 8.75. The molecular weight excluding hydrogens is 424 g/mol. The fraction of sp³-hybridized carbons (Fsp3) is 0.231. The first-order valence-corrected chi connectivity index (χ1v) is 11.0. The van der Waals surface area contributed by atoms with Crippen LogP contribution >= 0.6 is 11.6 Å². The molecule has 0 bridgehead atoms. The topological polar surface area (TPSA) is 58.6 Å². The number of halogens is 1. The van der Waals surface area contributed by atoms with Gasteiger partial charge in [0.2, 0.25) is 0 Å². The average molecular weight is 445 g/mol. The second kappa shape index (κ2) is 6.67. The second-order valence-corrected chi connectivity index (χ2v) is 9.16. The molecular formula is C26H21ClN2O3. The predicted octanol–water partition coefficient (Wildman–Crippen LogP) is 4.48. The van der Waals surface area contributed by atoms with Gasteiger partial charge in [-0.05, 0) is 36.9 Å². The number of benzene rings is 3. The molecule has 0 saturated carbocycles. The number of carbonyl (C=O) groups is 2. The third kappa shape index (κ3) is 2.17. The van der Waals surface area contributed by atoms with Gasteiger partial charge in [-0.3, -0.25) is 14.5 Å². The number of likely N-dealkylation sites (N-methyl/N-ethyl adjacent to an activating group) is 1. The summed E-state index contributed by atoms with van der Waals surface area (Å²) in [5.41, 5.74) is 0.498. The maximum absolute atomic E-state index is 14.5. The van der Waals surface area contributed by atoms with Gasteiger partial charge in [0.05, 0.1) is 5.56 Å². The molecule has 0 unspecified atom stereocenters. The van der Waals surface area contributed by atoms with Crippen molar-refractivity contribution in [2.75, 3.05) is 25.5 Å². The molecule has 1 fully saturated rings. The van der Waals surface area contributed by atoms with Crippen molar-refractivity contribution < 1.29 is 14.3 Å². The summed E-state index contributed by atoms with van der Waals surface area (Å²) in [6.07, 6.45) is 0. The predicted molar refractivity (Wildman–Crippen MR) is 122 cm³/mol. The van der Waals surface area contributed by atoms with Crippen LogP contribution in [0.5, 0.6) is 5.75 Å². The monoisotopic (exact) mass is 444 g/mol.